The fourth-order valence-corrected chi connectivity index (χ4v) is 3.05. The SMILES string of the molecule is CC1CC(C)C(C)N(c2cccc(F)c2C(=N)N)C1. The van der Waals surface area contributed by atoms with Gasteiger partial charge in [-0.3, -0.25) is 5.41 Å². The van der Waals surface area contributed by atoms with Crippen LogP contribution in [0.2, 0.25) is 0 Å². The van der Waals surface area contributed by atoms with Crippen molar-refractivity contribution in [3.8, 4) is 0 Å². The van der Waals surface area contributed by atoms with Crippen molar-refractivity contribution in [2.45, 2.75) is 33.2 Å². The number of hydrogen-bond acceptors (Lipinski definition) is 2. The summed E-state index contributed by atoms with van der Waals surface area (Å²) in [6, 6.07) is 5.24. The second-order valence-electron chi connectivity index (χ2n) is 5.76. The lowest BCUT2D eigenvalue weighted by atomic mass is 9.85. The molecule has 104 valence electrons. The number of nitrogens with two attached hydrogens (primary N) is 1. The smallest absolute Gasteiger partial charge is 0.136 e. The van der Waals surface area contributed by atoms with Crippen LogP contribution in [0.15, 0.2) is 18.2 Å². The number of nitrogens with one attached hydrogen (secondary N) is 1. The van der Waals surface area contributed by atoms with E-state index in [-0.39, 0.29) is 11.4 Å². The third kappa shape index (κ3) is 2.57. The van der Waals surface area contributed by atoms with Crippen LogP contribution in [0.5, 0.6) is 0 Å². The Morgan fingerprint density at radius 3 is 2.68 bits per heavy atom. The fourth-order valence-electron chi connectivity index (χ4n) is 3.05. The van der Waals surface area contributed by atoms with Crippen LogP contribution in [0.4, 0.5) is 10.1 Å². The highest BCUT2D eigenvalue weighted by Gasteiger charge is 2.31. The van der Waals surface area contributed by atoms with Gasteiger partial charge < -0.3 is 10.6 Å². The number of amidine groups is 1. The van der Waals surface area contributed by atoms with Gasteiger partial charge in [0.05, 0.1) is 11.3 Å². The van der Waals surface area contributed by atoms with Crippen molar-refractivity contribution < 1.29 is 4.39 Å². The lowest BCUT2D eigenvalue weighted by Crippen LogP contribution is -2.46. The lowest BCUT2D eigenvalue weighted by Gasteiger charge is -2.43. The van der Waals surface area contributed by atoms with Gasteiger partial charge in [0.25, 0.3) is 0 Å². The summed E-state index contributed by atoms with van der Waals surface area (Å²) in [6.07, 6.45) is 1.18. The minimum atomic E-state index is -0.414. The Morgan fingerprint density at radius 1 is 1.37 bits per heavy atom. The van der Waals surface area contributed by atoms with Crippen molar-refractivity contribution in [1.29, 1.82) is 5.41 Å². The zero-order valence-corrected chi connectivity index (χ0v) is 11.8. The van der Waals surface area contributed by atoms with Gasteiger partial charge >= 0.3 is 0 Å². The number of hydrogen-bond donors (Lipinski definition) is 2. The second-order valence-corrected chi connectivity index (χ2v) is 5.76. The normalized spacial score (nSPS) is 27.4. The van der Waals surface area contributed by atoms with Gasteiger partial charge in [-0.05, 0) is 37.3 Å². The molecule has 3 N–H and O–H groups in total. The number of halogens is 1. The van der Waals surface area contributed by atoms with E-state index in [1.165, 1.54) is 12.5 Å². The number of anilines is 1. The quantitative estimate of drug-likeness (QED) is 0.636. The van der Waals surface area contributed by atoms with E-state index in [0.29, 0.717) is 17.9 Å². The van der Waals surface area contributed by atoms with Gasteiger partial charge in [0, 0.05) is 12.6 Å². The molecule has 0 aromatic heterocycles. The molecule has 4 heteroatoms. The molecule has 1 heterocycles. The third-order valence-electron chi connectivity index (χ3n) is 4.17. The van der Waals surface area contributed by atoms with E-state index in [4.69, 9.17) is 11.1 Å². The van der Waals surface area contributed by atoms with Crippen LogP contribution < -0.4 is 10.6 Å². The van der Waals surface area contributed by atoms with Crippen LogP contribution in [0.25, 0.3) is 0 Å². The Morgan fingerprint density at radius 2 is 2.05 bits per heavy atom. The highest BCUT2D eigenvalue weighted by atomic mass is 19.1. The molecule has 1 fully saturated rings. The molecule has 1 aromatic rings. The Balaban J connectivity index is 2.46. The first-order valence-electron chi connectivity index (χ1n) is 6.81. The predicted molar refractivity (Wildman–Crippen MR) is 77.2 cm³/mol. The molecule has 1 aliphatic heterocycles. The van der Waals surface area contributed by atoms with E-state index < -0.39 is 5.82 Å². The standard InChI is InChI=1S/C15H22FN3/c1-9-7-10(2)11(3)19(8-9)13-6-4-5-12(16)14(13)15(17)18/h4-6,9-11H,7-8H2,1-3H3,(H3,17,18). The number of benzene rings is 1. The summed E-state index contributed by atoms with van der Waals surface area (Å²) < 4.78 is 13.9. The average molecular weight is 263 g/mol. The molecule has 0 radical (unpaired) electrons. The minimum absolute atomic E-state index is 0.203. The third-order valence-corrected chi connectivity index (χ3v) is 4.17. The Kier molecular flexibility index (Phi) is 3.78. The Bertz CT molecular complexity index is 486. The molecular weight excluding hydrogens is 241 g/mol. The summed E-state index contributed by atoms with van der Waals surface area (Å²) in [5.74, 6) is 0.496. The van der Waals surface area contributed by atoms with Crippen LogP contribution >= 0.6 is 0 Å². The molecule has 3 nitrogen and oxygen atoms in total. The van der Waals surface area contributed by atoms with Gasteiger partial charge in [-0.15, -0.1) is 0 Å². The van der Waals surface area contributed by atoms with Crippen LogP contribution in [-0.2, 0) is 0 Å². The van der Waals surface area contributed by atoms with Crippen LogP contribution in [0, 0.1) is 23.1 Å². The highest BCUT2D eigenvalue weighted by molar-refractivity contribution is 6.00. The van der Waals surface area contributed by atoms with Gasteiger partial charge in [0.1, 0.15) is 11.7 Å². The molecule has 0 saturated carbocycles. The number of nitrogens with zero attached hydrogens (tertiary/aromatic N) is 1. The predicted octanol–water partition coefficient (Wildman–Crippen LogP) is 2.98. The minimum Gasteiger partial charge on any atom is -0.384 e. The van der Waals surface area contributed by atoms with Crippen molar-refractivity contribution in [1.82, 2.24) is 0 Å². The lowest BCUT2D eigenvalue weighted by molar-refractivity contribution is 0.296. The largest absolute Gasteiger partial charge is 0.384 e. The molecular formula is C15H22FN3. The van der Waals surface area contributed by atoms with Gasteiger partial charge in [-0.2, -0.15) is 0 Å². The van der Waals surface area contributed by atoms with Crippen molar-refractivity contribution >= 4 is 11.5 Å². The molecule has 0 spiro atoms. The maximum absolute atomic E-state index is 13.9. The van der Waals surface area contributed by atoms with Crippen molar-refractivity contribution in [2.75, 3.05) is 11.4 Å². The first-order valence-corrected chi connectivity index (χ1v) is 6.81. The van der Waals surface area contributed by atoms with Gasteiger partial charge in [-0.1, -0.05) is 19.9 Å². The molecule has 0 aliphatic carbocycles. The van der Waals surface area contributed by atoms with E-state index >= 15 is 0 Å². The van der Waals surface area contributed by atoms with Crippen molar-refractivity contribution in [3.05, 3.63) is 29.6 Å². The summed E-state index contributed by atoms with van der Waals surface area (Å²) in [4.78, 5) is 2.19. The maximum atomic E-state index is 13.9. The zero-order chi connectivity index (χ0) is 14.2. The number of piperidine rings is 1. The zero-order valence-electron chi connectivity index (χ0n) is 11.8. The summed E-state index contributed by atoms with van der Waals surface area (Å²) in [5, 5.41) is 7.61. The van der Waals surface area contributed by atoms with Crippen LogP contribution in [0.1, 0.15) is 32.8 Å². The van der Waals surface area contributed by atoms with Gasteiger partial charge in [0.15, 0.2) is 0 Å². The first-order chi connectivity index (χ1) is 8.91. The molecule has 19 heavy (non-hydrogen) atoms. The maximum Gasteiger partial charge on any atom is 0.136 e. The Hall–Kier alpha value is -1.58. The second kappa shape index (κ2) is 5.19. The molecule has 0 bridgehead atoms. The number of rotatable bonds is 2. The number of nitrogen functional groups attached to an aromatic ring is 1. The monoisotopic (exact) mass is 263 g/mol. The molecule has 0 amide bonds. The topological polar surface area (TPSA) is 53.1 Å². The van der Waals surface area contributed by atoms with Crippen molar-refractivity contribution in [3.63, 3.8) is 0 Å². The van der Waals surface area contributed by atoms with E-state index in [1.54, 1.807) is 6.07 Å². The van der Waals surface area contributed by atoms with E-state index in [2.05, 4.69) is 25.7 Å². The molecule has 1 saturated heterocycles. The summed E-state index contributed by atoms with van der Waals surface area (Å²) in [5.41, 5.74) is 6.53. The molecule has 2 rings (SSSR count). The van der Waals surface area contributed by atoms with E-state index in [9.17, 15) is 4.39 Å². The summed E-state index contributed by atoms with van der Waals surface area (Å²) >= 11 is 0. The van der Waals surface area contributed by atoms with Crippen LogP contribution in [0.3, 0.4) is 0 Å². The van der Waals surface area contributed by atoms with E-state index in [0.717, 1.165) is 12.2 Å². The van der Waals surface area contributed by atoms with Gasteiger partial charge in [-0.25, -0.2) is 4.39 Å². The first kappa shape index (κ1) is 13.8. The summed E-state index contributed by atoms with van der Waals surface area (Å²) in [7, 11) is 0. The molecule has 3 unspecified atom stereocenters. The molecule has 1 aliphatic rings. The molecule has 1 aromatic carbocycles. The van der Waals surface area contributed by atoms with Crippen molar-refractivity contribution in [2.24, 2.45) is 17.6 Å². The average Bonchev–Trinajstić information content (AvgIpc) is 2.33. The van der Waals surface area contributed by atoms with Gasteiger partial charge in [0.2, 0.25) is 0 Å². The highest BCUT2D eigenvalue weighted by Crippen LogP contribution is 2.33. The summed E-state index contributed by atoms with van der Waals surface area (Å²) in [6.45, 7) is 7.47. The fraction of sp³-hybridized carbons (Fsp3) is 0.533. The van der Waals surface area contributed by atoms with E-state index in [1.807, 2.05) is 6.07 Å². The Labute approximate surface area is 114 Å². The van der Waals surface area contributed by atoms with Crippen LogP contribution in [-0.4, -0.2) is 18.4 Å². The molecule has 3 atom stereocenters.